The molecule has 2 rings (SSSR count). The van der Waals surface area contributed by atoms with Crippen LogP contribution in [0.4, 0.5) is 0 Å². The lowest BCUT2D eigenvalue weighted by Gasteiger charge is -2.18. The molecule has 2 aromatic rings. The monoisotopic (exact) mass is 1140 g/mol. The van der Waals surface area contributed by atoms with Gasteiger partial charge >= 0.3 is 29.8 Å². The van der Waals surface area contributed by atoms with Gasteiger partial charge < -0.3 is 23.7 Å². The molecule has 0 radical (unpaired) electrons. The minimum absolute atomic E-state index is 0.0188. The van der Waals surface area contributed by atoms with E-state index in [4.69, 9.17) is 23.7 Å². The van der Waals surface area contributed by atoms with Crippen LogP contribution in [0.5, 0.6) is 28.7 Å². The maximum atomic E-state index is 14.0. The summed E-state index contributed by atoms with van der Waals surface area (Å²) in [7, 11) is 0. The molecule has 0 bridgehead atoms. The molecule has 0 saturated carbocycles. The van der Waals surface area contributed by atoms with Crippen LogP contribution < -0.4 is 23.7 Å². The van der Waals surface area contributed by atoms with Crippen molar-refractivity contribution in [2.24, 2.45) is 0 Å². The van der Waals surface area contributed by atoms with Gasteiger partial charge in [-0.3, -0.25) is 24.0 Å². The van der Waals surface area contributed by atoms with Crippen molar-refractivity contribution in [3.05, 3.63) is 30.3 Å². The molecule has 0 fully saturated rings. The van der Waals surface area contributed by atoms with E-state index in [1.807, 2.05) is 0 Å². The fraction of sp³-hybridized carbons (Fsp3) is 0.764. The Balaban J connectivity index is 2.57. The summed E-state index contributed by atoms with van der Waals surface area (Å²) in [5.41, 5.74) is 0.552. The van der Waals surface area contributed by atoms with Crippen molar-refractivity contribution in [2.75, 3.05) is 0 Å². The van der Waals surface area contributed by atoms with Gasteiger partial charge in [-0.05, 0) is 49.8 Å². The van der Waals surface area contributed by atoms with E-state index in [0.717, 1.165) is 96.3 Å². The molecule has 0 aromatic heterocycles. The van der Waals surface area contributed by atoms with Crippen LogP contribution in [0.3, 0.4) is 0 Å². The van der Waals surface area contributed by atoms with Crippen LogP contribution in [0.25, 0.3) is 11.1 Å². The average Bonchev–Trinajstić information content (AvgIpc) is 3.52. The topological polar surface area (TPSA) is 132 Å². The predicted molar refractivity (Wildman–Crippen MR) is 339 cm³/mol. The Labute approximate surface area is 501 Å². The van der Waals surface area contributed by atoms with Crippen LogP contribution in [-0.4, -0.2) is 29.8 Å². The molecule has 2 aromatic carbocycles. The van der Waals surface area contributed by atoms with E-state index in [1.54, 1.807) is 18.2 Å². The number of esters is 5. The molecule has 0 heterocycles. The third-order valence-electron chi connectivity index (χ3n) is 15.8. The largest absolute Gasteiger partial charge is 0.426 e. The molecular formula is C72H120O10. The summed E-state index contributed by atoms with van der Waals surface area (Å²) in [6, 6.07) is 7.82. The molecule has 0 atom stereocenters. The van der Waals surface area contributed by atoms with Crippen LogP contribution in [-0.2, 0) is 24.0 Å². The van der Waals surface area contributed by atoms with E-state index in [2.05, 4.69) is 34.6 Å². The summed E-state index contributed by atoms with van der Waals surface area (Å²) >= 11 is 0. The van der Waals surface area contributed by atoms with Gasteiger partial charge in [0.25, 0.3) is 0 Å². The first kappa shape index (κ1) is 73.9. The molecule has 10 heteroatoms. The first-order valence-corrected chi connectivity index (χ1v) is 34.5. The van der Waals surface area contributed by atoms with Crippen molar-refractivity contribution in [3.63, 3.8) is 0 Å². The van der Waals surface area contributed by atoms with Crippen molar-refractivity contribution in [1.82, 2.24) is 0 Å². The van der Waals surface area contributed by atoms with Crippen molar-refractivity contribution < 1.29 is 47.7 Å². The van der Waals surface area contributed by atoms with Gasteiger partial charge in [-0.15, -0.1) is 0 Å². The molecule has 10 nitrogen and oxygen atoms in total. The number of hydrogen-bond donors (Lipinski definition) is 0. The van der Waals surface area contributed by atoms with Crippen LogP contribution in [0.15, 0.2) is 30.3 Å². The van der Waals surface area contributed by atoms with Crippen molar-refractivity contribution in [2.45, 2.75) is 356 Å². The number of unbranched alkanes of at least 4 members (excludes halogenated alkanes) is 40. The molecule has 468 valence electrons. The summed E-state index contributed by atoms with van der Waals surface area (Å²) in [6.07, 6.45) is 50.6. The predicted octanol–water partition coefficient (Wildman–Crippen LogP) is 22.5. The number of carbonyl (C=O) groups is 5. The molecule has 0 aliphatic carbocycles. The smallest absolute Gasteiger partial charge is 0.311 e. The molecule has 0 spiro atoms. The van der Waals surface area contributed by atoms with Crippen molar-refractivity contribution in [3.8, 4) is 39.9 Å². The highest BCUT2D eigenvalue weighted by Crippen LogP contribution is 2.45. The summed E-state index contributed by atoms with van der Waals surface area (Å²) in [5, 5.41) is 0. The summed E-state index contributed by atoms with van der Waals surface area (Å²) in [5.74, 6) is -1.83. The molecule has 0 aliphatic rings. The van der Waals surface area contributed by atoms with E-state index in [0.29, 0.717) is 37.7 Å². The fourth-order valence-electron chi connectivity index (χ4n) is 10.7. The summed E-state index contributed by atoms with van der Waals surface area (Å²) < 4.78 is 30.6. The Morgan fingerprint density at radius 2 is 0.415 bits per heavy atom. The van der Waals surface area contributed by atoms with E-state index in [9.17, 15) is 24.0 Å². The molecule has 0 aliphatic heterocycles. The lowest BCUT2D eigenvalue weighted by Crippen LogP contribution is -2.13. The zero-order valence-corrected chi connectivity index (χ0v) is 53.3. The van der Waals surface area contributed by atoms with Gasteiger partial charge in [0.1, 0.15) is 28.7 Å². The highest BCUT2D eigenvalue weighted by Gasteiger charge is 2.24. The van der Waals surface area contributed by atoms with Crippen LogP contribution in [0.2, 0.25) is 0 Å². The molecule has 82 heavy (non-hydrogen) atoms. The van der Waals surface area contributed by atoms with Gasteiger partial charge in [0.05, 0.1) is 5.56 Å². The molecular weight excluding hydrogens is 1020 g/mol. The maximum Gasteiger partial charge on any atom is 0.311 e. The third-order valence-corrected chi connectivity index (χ3v) is 15.8. The van der Waals surface area contributed by atoms with Gasteiger partial charge in [0, 0.05) is 50.3 Å². The number of ether oxygens (including phenoxy) is 5. The Kier molecular flexibility index (Phi) is 47.2. The van der Waals surface area contributed by atoms with E-state index >= 15 is 0 Å². The second-order valence-corrected chi connectivity index (χ2v) is 23.8. The van der Waals surface area contributed by atoms with Gasteiger partial charge in [-0.1, -0.05) is 291 Å². The highest BCUT2D eigenvalue weighted by atomic mass is 16.6. The Hall–Kier alpha value is -4.21. The number of rotatable bonds is 56. The van der Waals surface area contributed by atoms with Crippen molar-refractivity contribution in [1.29, 1.82) is 0 Å². The van der Waals surface area contributed by atoms with E-state index < -0.39 is 29.8 Å². The van der Waals surface area contributed by atoms with Gasteiger partial charge in [0.15, 0.2) is 0 Å². The Bertz CT molecular complexity index is 1830. The van der Waals surface area contributed by atoms with Gasteiger partial charge in [-0.2, -0.15) is 0 Å². The minimum Gasteiger partial charge on any atom is -0.426 e. The summed E-state index contributed by atoms with van der Waals surface area (Å²) in [4.78, 5) is 68.7. The maximum absolute atomic E-state index is 14.0. The van der Waals surface area contributed by atoms with E-state index in [1.165, 1.54) is 173 Å². The minimum atomic E-state index is -0.481. The first-order valence-electron chi connectivity index (χ1n) is 34.5. The zero-order valence-electron chi connectivity index (χ0n) is 53.3. The Morgan fingerprint density at radius 1 is 0.232 bits per heavy atom. The van der Waals surface area contributed by atoms with Crippen LogP contribution in [0.1, 0.15) is 356 Å². The highest BCUT2D eigenvalue weighted by molar-refractivity contribution is 5.87. The fourth-order valence-corrected chi connectivity index (χ4v) is 10.7. The lowest BCUT2D eigenvalue weighted by molar-refractivity contribution is -0.136. The SMILES string of the molecule is CCCCCCCCCCCC(=O)Oc1cc(OC(=O)CCCCCCCCCCC)cc(-c2c(OC(=O)CCCCCCCCCCC)cc(OC(=O)CCCCCCCCCCC)cc2OC(=O)CCCCCCCCCCC)c1. The van der Waals surface area contributed by atoms with Crippen LogP contribution in [0, 0.1) is 0 Å². The summed E-state index contributed by atoms with van der Waals surface area (Å²) in [6.45, 7) is 11.1. The normalized spacial score (nSPS) is 11.2. The average molecular weight is 1150 g/mol. The van der Waals surface area contributed by atoms with Crippen LogP contribution >= 0.6 is 0 Å². The third kappa shape index (κ3) is 40.1. The number of benzene rings is 2. The molecule has 0 unspecified atom stereocenters. The van der Waals surface area contributed by atoms with E-state index in [-0.39, 0.29) is 66.4 Å². The molecule has 0 saturated heterocycles. The molecule has 0 amide bonds. The van der Waals surface area contributed by atoms with Gasteiger partial charge in [0.2, 0.25) is 0 Å². The zero-order chi connectivity index (χ0) is 59.4. The van der Waals surface area contributed by atoms with Crippen molar-refractivity contribution >= 4 is 29.8 Å². The number of hydrogen-bond acceptors (Lipinski definition) is 10. The molecule has 0 N–H and O–H groups in total. The van der Waals surface area contributed by atoms with Gasteiger partial charge in [-0.25, -0.2) is 0 Å². The number of carbonyl (C=O) groups excluding carboxylic acids is 5. The quantitative estimate of drug-likeness (QED) is 0.0358. The first-order chi connectivity index (χ1) is 40.1. The lowest BCUT2D eigenvalue weighted by atomic mass is 10.0. The standard InChI is InChI=1S/C72H120O10/c1-6-11-16-21-26-31-36-41-46-51-67(73)78-62-56-61(57-63(58-62)79-68(74)52-47-42-37-32-27-22-17-12-7-2)72-65(81-70(76)54-49-44-39-34-29-24-19-14-9-4)59-64(80-69(75)53-48-43-38-33-28-23-18-13-8-3)60-66(72)82-71(77)55-50-45-40-35-30-25-20-15-10-5/h56-60H,6-55H2,1-5H3. The second kappa shape index (κ2) is 52.4. The Morgan fingerprint density at radius 3 is 0.634 bits per heavy atom. The second-order valence-electron chi connectivity index (χ2n) is 23.8.